The Morgan fingerprint density at radius 2 is 2.21 bits per heavy atom. The Hall–Kier alpha value is -0.980. The summed E-state index contributed by atoms with van der Waals surface area (Å²) in [5, 5.41) is 6.54. The van der Waals surface area contributed by atoms with Gasteiger partial charge in [0.05, 0.1) is 15.5 Å². The molecule has 2 rings (SSSR count). The van der Waals surface area contributed by atoms with Crippen LogP contribution in [0.2, 0.25) is 0 Å². The third-order valence-electron chi connectivity index (χ3n) is 1.81. The molecule has 0 aliphatic rings. The number of nitrogens with zero attached hydrogens (tertiary/aromatic N) is 2. The topological polar surface area (TPSA) is 41.6 Å². The van der Waals surface area contributed by atoms with Crippen molar-refractivity contribution < 1.29 is 4.39 Å². The second-order valence-electron chi connectivity index (χ2n) is 2.94. The van der Waals surface area contributed by atoms with Gasteiger partial charge in [-0.15, -0.1) is 0 Å². The molecule has 2 aromatic rings. The first kappa shape index (κ1) is 9.57. The van der Waals surface area contributed by atoms with E-state index in [1.54, 1.807) is 19.3 Å². The van der Waals surface area contributed by atoms with Crippen molar-refractivity contribution in [2.24, 2.45) is 0 Å². The minimum atomic E-state index is -0.327. The van der Waals surface area contributed by atoms with Crippen LogP contribution in [0.5, 0.6) is 0 Å². The predicted molar refractivity (Wildman–Crippen MR) is 59.2 cm³/mol. The lowest BCUT2D eigenvalue weighted by Gasteiger charge is -2.00. The zero-order valence-electron chi connectivity index (χ0n) is 7.38. The number of aromatic nitrogens is 3. The monoisotopic (exact) mass is 303 g/mol. The molecule has 0 unspecified atom stereocenters. The van der Waals surface area contributed by atoms with Crippen LogP contribution in [0.4, 0.5) is 4.39 Å². The standard InChI is InChI=1S/C9H7FIN3/c1-5-2-6(10)8(12-3-5)9-7(11)4-13-14-9/h2-4H,1H3,(H,13,14). The van der Waals surface area contributed by atoms with Gasteiger partial charge in [0.2, 0.25) is 0 Å². The molecule has 5 heteroatoms. The Labute approximate surface area is 93.9 Å². The summed E-state index contributed by atoms with van der Waals surface area (Å²) in [5.41, 5.74) is 1.75. The van der Waals surface area contributed by atoms with E-state index >= 15 is 0 Å². The first-order valence-corrected chi connectivity index (χ1v) is 5.08. The number of H-pyrrole nitrogens is 1. The molecule has 3 nitrogen and oxygen atoms in total. The van der Waals surface area contributed by atoms with Crippen molar-refractivity contribution in [2.75, 3.05) is 0 Å². The summed E-state index contributed by atoms with van der Waals surface area (Å²) in [7, 11) is 0. The van der Waals surface area contributed by atoms with E-state index < -0.39 is 0 Å². The minimum absolute atomic E-state index is 0.317. The molecule has 2 aromatic heterocycles. The van der Waals surface area contributed by atoms with Gasteiger partial charge >= 0.3 is 0 Å². The molecule has 14 heavy (non-hydrogen) atoms. The van der Waals surface area contributed by atoms with E-state index in [-0.39, 0.29) is 5.82 Å². The summed E-state index contributed by atoms with van der Waals surface area (Å²) in [6, 6.07) is 1.46. The van der Waals surface area contributed by atoms with Gasteiger partial charge in [-0.1, -0.05) is 0 Å². The molecule has 0 aromatic carbocycles. The van der Waals surface area contributed by atoms with E-state index in [4.69, 9.17) is 0 Å². The van der Waals surface area contributed by atoms with Crippen molar-refractivity contribution in [1.82, 2.24) is 15.2 Å². The highest BCUT2D eigenvalue weighted by molar-refractivity contribution is 14.1. The molecule has 0 spiro atoms. The fourth-order valence-electron chi connectivity index (χ4n) is 1.16. The number of rotatable bonds is 1. The molecule has 0 fully saturated rings. The van der Waals surface area contributed by atoms with Gasteiger partial charge in [-0.3, -0.25) is 10.1 Å². The van der Waals surface area contributed by atoms with Crippen molar-refractivity contribution in [3.8, 4) is 11.4 Å². The van der Waals surface area contributed by atoms with Crippen molar-refractivity contribution in [2.45, 2.75) is 6.92 Å². The highest BCUT2D eigenvalue weighted by Gasteiger charge is 2.11. The molecule has 0 atom stereocenters. The number of aromatic amines is 1. The summed E-state index contributed by atoms with van der Waals surface area (Å²) in [6.07, 6.45) is 3.27. The molecule has 1 N–H and O–H groups in total. The Morgan fingerprint density at radius 3 is 2.79 bits per heavy atom. The summed E-state index contributed by atoms with van der Waals surface area (Å²) in [6.45, 7) is 1.80. The summed E-state index contributed by atoms with van der Waals surface area (Å²) in [4.78, 5) is 4.03. The van der Waals surface area contributed by atoms with Crippen LogP contribution in [0.3, 0.4) is 0 Å². The SMILES string of the molecule is Cc1cnc(-c2[nH]ncc2I)c(F)c1. The van der Waals surface area contributed by atoms with E-state index in [9.17, 15) is 4.39 Å². The van der Waals surface area contributed by atoms with Crippen molar-refractivity contribution in [3.63, 3.8) is 0 Å². The van der Waals surface area contributed by atoms with Gasteiger partial charge in [-0.05, 0) is 41.1 Å². The largest absolute Gasteiger partial charge is 0.275 e. The van der Waals surface area contributed by atoms with Crippen LogP contribution in [-0.4, -0.2) is 15.2 Å². The zero-order valence-corrected chi connectivity index (χ0v) is 9.54. The molecule has 0 saturated heterocycles. The number of nitrogens with one attached hydrogen (secondary N) is 1. The van der Waals surface area contributed by atoms with Crippen LogP contribution in [0.25, 0.3) is 11.4 Å². The number of pyridine rings is 1. The second-order valence-corrected chi connectivity index (χ2v) is 4.10. The smallest absolute Gasteiger partial charge is 0.151 e. The Bertz CT molecular complexity index is 467. The third-order valence-corrected chi connectivity index (χ3v) is 2.63. The van der Waals surface area contributed by atoms with Crippen molar-refractivity contribution in [3.05, 3.63) is 33.4 Å². The van der Waals surface area contributed by atoms with E-state index in [2.05, 4.69) is 37.8 Å². The van der Waals surface area contributed by atoms with E-state index in [1.807, 2.05) is 0 Å². The maximum atomic E-state index is 13.5. The highest BCUT2D eigenvalue weighted by atomic mass is 127. The Balaban J connectivity index is 2.58. The molecule has 0 aliphatic heterocycles. The zero-order chi connectivity index (χ0) is 10.1. The summed E-state index contributed by atoms with van der Waals surface area (Å²) < 4.78 is 14.3. The molecule has 0 saturated carbocycles. The number of hydrogen-bond acceptors (Lipinski definition) is 2. The van der Waals surface area contributed by atoms with Crippen LogP contribution in [-0.2, 0) is 0 Å². The van der Waals surface area contributed by atoms with Gasteiger partial charge in [-0.2, -0.15) is 5.10 Å². The van der Waals surface area contributed by atoms with Crippen LogP contribution in [0.15, 0.2) is 18.5 Å². The number of halogens is 2. The summed E-state index contributed by atoms with van der Waals surface area (Å²) >= 11 is 2.08. The van der Waals surface area contributed by atoms with Crippen LogP contribution < -0.4 is 0 Å². The summed E-state index contributed by atoms with van der Waals surface area (Å²) in [5.74, 6) is -0.327. The van der Waals surface area contributed by atoms with Crippen molar-refractivity contribution >= 4 is 22.6 Å². The van der Waals surface area contributed by atoms with Gasteiger partial charge in [0.1, 0.15) is 5.69 Å². The number of hydrogen-bond donors (Lipinski definition) is 1. The molecule has 0 radical (unpaired) electrons. The average Bonchev–Trinajstić information content (AvgIpc) is 2.52. The highest BCUT2D eigenvalue weighted by Crippen LogP contribution is 2.23. The molecule has 0 amide bonds. The average molecular weight is 303 g/mol. The lowest BCUT2D eigenvalue weighted by molar-refractivity contribution is 0.623. The van der Waals surface area contributed by atoms with E-state index in [0.29, 0.717) is 11.4 Å². The third kappa shape index (κ3) is 1.63. The van der Waals surface area contributed by atoms with E-state index in [1.165, 1.54) is 6.07 Å². The van der Waals surface area contributed by atoms with Gasteiger partial charge in [0.25, 0.3) is 0 Å². The lowest BCUT2D eigenvalue weighted by Crippen LogP contribution is -1.92. The first-order chi connectivity index (χ1) is 6.68. The Kier molecular flexibility index (Phi) is 2.49. The maximum Gasteiger partial charge on any atom is 0.151 e. The van der Waals surface area contributed by atoms with Crippen LogP contribution >= 0.6 is 22.6 Å². The van der Waals surface area contributed by atoms with Gasteiger partial charge in [0, 0.05) is 6.20 Å². The molecular weight excluding hydrogens is 296 g/mol. The fourth-order valence-corrected chi connectivity index (χ4v) is 1.67. The Morgan fingerprint density at radius 1 is 1.43 bits per heavy atom. The minimum Gasteiger partial charge on any atom is -0.275 e. The molecule has 2 heterocycles. The molecule has 0 bridgehead atoms. The van der Waals surface area contributed by atoms with Gasteiger partial charge in [-0.25, -0.2) is 4.39 Å². The first-order valence-electron chi connectivity index (χ1n) is 4.00. The van der Waals surface area contributed by atoms with Gasteiger partial charge in [0.15, 0.2) is 5.82 Å². The molecular formula is C9H7FIN3. The lowest BCUT2D eigenvalue weighted by atomic mass is 10.2. The second kappa shape index (κ2) is 3.64. The van der Waals surface area contributed by atoms with Crippen molar-refractivity contribution in [1.29, 1.82) is 0 Å². The van der Waals surface area contributed by atoms with Crippen LogP contribution in [0.1, 0.15) is 5.56 Å². The van der Waals surface area contributed by atoms with E-state index in [0.717, 1.165) is 9.13 Å². The fraction of sp³-hybridized carbons (Fsp3) is 0.111. The molecule has 72 valence electrons. The maximum absolute atomic E-state index is 13.5. The number of aryl methyl sites for hydroxylation is 1. The van der Waals surface area contributed by atoms with Crippen LogP contribution in [0, 0.1) is 16.3 Å². The predicted octanol–water partition coefficient (Wildman–Crippen LogP) is 2.52. The van der Waals surface area contributed by atoms with Gasteiger partial charge < -0.3 is 0 Å². The molecule has 0 aliphatic carbocycles. The normalized spacial score (nSPS) is 10.5. The quantitative estimate of drug-likeness (QED) is 0.823.